The summed E-state index contributed by atoms with van der Waals surface area (Å²) < 4.78 is 0. The van der Waals surface area contributed by atoms with Crippen molar-refractivity contribution in [2.45, 2.75) is 52.1 Å². The third-order valence-corrected chi connectivity index (χ3v) is 5.02. The van der Waals surface area contributed by atoms with E-state index < -0.39 is 0 Å². The first-order chi connectivity index (χ1) is 12.1. The fourth-order valence-electron chi connectivity index (χ4n) is 3.49. The second-order valence-electron chi connectivity index (χ2n) is 6.80. The van der Waals surface area contributed by atoms with E-state index in [4.69, 9.17) is 0 Å². The van der Waals surface area contributed by atoms with E-state index in [-0.39, 0.29) is 0 Å². The maximum absolute atomic E-state index is 11.9. The van der Waals surface area contributed by atoms with Gasteiger partial charge in [-0.15, -0.1) is 0 Å². The van der Waals surface area contributed by atoms with Crippen molar-refractivity contribution >= 4 is 11.9 Å². The van der Waals surface area contributed by atoms with Crippen molar-refractivity contribution in [1.29, 1.82) is 0 Å². The average Bonchev–Trinajstić information content (AvgIpc) is 3.03. The van der Waals surface area contributed by atoms with E-state index in [9.17, 15) is 4.79 Å². The molecule has 0 bridgehead atoms. The molecule has 1 aromatic carbocycles. The Morgan fingerprint density at radius 2 is 2.16 bits per heavy atom. The van der Waals surface area contributed by atoms with Gasteiger partial charge in [-0.1, -0.05) is 31.2 Å². The molecule has 1 aromatic rings. The van der Waals surface area contributed by atoms with Crippen LogP contribution in [-0.2, 0) is 11.3 Å². The van der Waals surface area contributed by atoms with Crippen molar-refractivity contribution in [2.75, 3.05) is 27.2 Å². The lowest BCUT2D eigenvalue weighted by Gasteiger charge is -2.28. The minimum absolute atomic E-state index is 0.313. The number of amides is 1. The van der Waals surface area contributed by atoms with E-state index in [1.807, 2.05) is 7.05 Å². The third-order valence-electron chi connectivity index (χ3n) is 5.02. The molecular weight excluding hydrogens is 312 g/mol. The van der Waals surface area contributed by atoms with Gasteiger partial charge in [0.1, 0.15) is 0 Å². The standard InChI is InChI=1S/C20H32N4O/c1-5-18(24-14-8-11-19(24)25)12-13-22-20(21-3)23(4)15-17-10-7-6-9-16(17)2/h6-7,9-10,18H,5,8,11-15H2,1-4H3,(H,21,22). The summed E-state index contributed by atoms with van der Waals surface area (Å²) in [6.45, 7) is 6.87. The number of rotatable bonds is 7. The zero-order valence-corrected chi connectivity index (χ0v) is 16.1. The van der Waals surface area contributed by atoms with Crippen molar-refractivity contribution < 1.29 is 4.79 Å². The Labute approximate surface area is 152 Å². The van der Waals surface area contributed by atoms with Crippen molar-refractivity contribution in [3.63, 3.8) is 0 Å². The van der Waals surface area contributed by atoms with Crippen LogP contribution < -0.4 is 5.32 Å². The quantitative estimate of drug-likeness (QED) is 0.611. The second-order valence-corrected chi connectivity index (χ2v) is 6.80. The molecule has 25 heavy (non-hydrogen) atoms. The monoisotopic (exact) mass is 344 g/mol. The van der Waals surface area contributed by atoms with E-state index >= 15 is 0 Å². The Balaban J connectivity index is 1.85. The fourth-order valence-corrected chi connectivity index (χ4v) is 3.49. The van der Waals surface area contributed by atoms with Gasteiger partial charge in [-0.25, -0.2) is 0 Å². The van der Waals surface area contributed by atoms with Crippen LogP contribution in [0.25, 0.3) is 0 Å². The van der Waals surface area contributed by atoms with Gasteiger partial charge in [-0.3, -0.25) is 9.79 Å². The lowest BCUT2D eigenvalue weighted by molar-refractivity contribution is -0.129. The molecule has 0 aliphatic carbocycles. The van der Waals surface area contributed by atoms with Crippen LogP contribution in [0.15, 0.2) is 29.3 Å². The first kappa shape index (κ1) is 19.3. The Kier molecular flexibility index (Phi) is 7.29. The predicted octanol–water partition coefficient (Wildman–Crippen LogP) is 2.79. The summed E-state index contributed by atoms with van der Waals surface area (Å²) in [4.78, 5) is 20.5. The summed E-state index contributed by atoms with van der Waals surface area (Å²) >= 11 is 0. The van der Waals surface area contributed by atoms with Gasteiger partial charge >= 0.3 is 0 Å². The van der Waals surface area contributed by atoms with Crippen LogP contribution >= 0.6 is 0 Å². The Bertz CT molecular complexity index is 599. The van der Waals surface area contributed by atoms with Gasteiger partial charge in [0.15, 0.2) is 5.96 Å². The number of carbonyl (C=O) groups excluding carboxylic acids is 1. The third kappa shape index (κ3) is 5.21. The van der Waals surface area contributed by atoms with Crippen molar-refractivity contribution in [1.82, 2.24) is 15.1 Å². The summed E-state index contributed by atoms with van der Waals surface area (Å²) in [5, 5.41) is 3.45. The molecule has 5 nitrogen and oxygen atoms in total. The largest absolute Gasteiger partial charge is 0.356 e. The smallest absolute Gasteiger partial charge is 0.222 e. The van der Waals surface area contributed by atoms with Gasteiger partial charge in [0.05, 0.1) is 0 Å². The maximum Gasteiger partial charge on any atom is 0.222 e. The van der Waals surface area contributed by atoms with Crippen LogP contribution in [0.4, 0.5) is 0 Å². The molecule has 5 heteroatoms. The number of nitrogens with one attached hydrogen (secondary N) is 1. The Morgan fingerprint density at radius 1 is 1.40 bits per heavy atom. The number of aryl methyl sites for hydroxylation is 1. The van der Waals surface area contributed by atoms with Gasteiger partial charge in [-0.2, -0.15) is 0 Å². The molecule has 1 fully saturated rings. The van der Waals surface area contributed by atoms with Crippen molar-refractivity contribution in [3.05, 3.63) is 35.4 Å². The molecule has 1 aliphatic heterocycles. The molecule has 1 heterocycles. The predicted molar refractivity (Wildman–Crippen MR) is 104 cm³/mol. The number of hydrogen-bond donors (Lipinski definition) is 1. The highest BCUT2D eigenvalue weighted by atomic mass is 16.2. The molecule has 1 amide bonds. The molecule has 0 spiro atoms. The minimum Gasteiger partial charge on any atom is -0.356 e. The topological polar surface area (TPSA) is 47.9 Å². The lowest BCUT2D eigenvalue weighted by Crippen LogP contribution is -2.42. The van der Waals surface area contributed by atoms with E-state index in [1.165, 1.54) is 11.1 Å². The number of benzene rings is 1. The Hall–Kier alpha value is -2.04. The first-order valence-electron chi connectivity index (χ1n) is 9.32. The van der Waals surface area contributed by atoms with E-state index in [0.717, 1.165) is 44.9 Å². The van der Waals surface area contributed by atoms with Gasteiger partial charge in [0.2, 0.25) is 5.91 Å². The molecule has 138 valence electrons. The number of nitrogens with zero attached hydrogens (tertiary/aromatic N) is 3. The highest BCUT2D eigenvalue weighted by Crippen LogP contribution is 2.17. The van der Waals surface area contributed by atoms with E-state index in [2.05, 4.69) is 65.3 Å². The summed E-state index contributed by atoms with van der Waals surface area (Å²) in [7, 11) is 3.88. The summed E-state index contributed by atoms with van der Waals surface area (Å²) in [6.07, 6.45) is 3.68. The summed E-state index contributed by atoms with van der Waals surface area (Å²) in [6, 6.07) is 8.77. The fraction of sp³-hybridized carbons (Fsp3) is 0.600. The van der Waals surface area contributed by atoms with E-state index in [1.54, 1.807) is 0 Å². The van der Waals surface area contributed by atoms with Crippen LogP contribution in [0, 0.1) is 6.92 Å². The number of likely N-dealkylation sites (tertiary alicyclic amines) is 1. The van der Waals surface area contributed by atoms with Crippen LogP contribution in [0.3, 0.4) is 0 Å². The molecule has 0 radical (unpaired) electrons. The molecule has 1 atom stereocenters. The normalized spacial score (nSPS) is 16.2. The molecule has 1 saturated heterocycles. The van der Waals surface area contributed by atoms with Gasteiger partial charge < -0.3 is 15.1 Å². The summed E-state index contributed by atoms with van der Waals surface area (Å²) in [5.41, 5.74) is 2.60. The van der Waals surface area contributed by atoms with Crippen LogP contribution in [-0.4, -0.2) is 54.9 Å². The molecule has 0 aromatic heterocycles. The average molecular weight is 345 g/mol. The van der Waals surface area contributed by atoms with Crippen molar-refractivity contribution in [3.8, 4) is 0 Å². The van der Waals surface area contributed by atoms with Crippen LogP contribution in [0.5, 0.6) is 0 Å². The lowest BCUT2D eigenvalue weighted by atomic mass is 10.1. The van der Waals surface area contributed by atoms with Crippen LogP contribution in [0.2, 0.25) is 0 Å². The number of carbonyl (C=O) groups is 1. The highest BCUT2D eigenvalue weighted by molar-refractivity contribution is 5.80. The zero-order valence-electron chi connectivity index (χ0n) is 16.1. The molecule has 0 saturated carbocycles. The first-order valence-corrected chi connectivity index (χ1v) is 9.32. The molecule has 2 rings (SSSR count). The number of guanidine groups is 1. The maximum atomic E-state index is 11.9. The summed E-state index contributed by atoms with van der Waals surface area (Å²) in [5.74, 6) is 1.21. The molecular formula is C20H32N4O. The second kappa shape index (κ2) is 9.44. The van der Waals surface area contributed by atoms with Gasteiger partial charge in [0.25, 0.3) is 0 Å². The minimum atomic E-state index is 0.313. The molecule has 1 aliphatic rings. The Morgan fingerprint density at radius 3 is 2.76 bits per heavy atom. The highest BCUT2D eigenvalue weighted by Gasteiger charge is 2.26. The SMILES string of the molecule is CCC(CCNC(=NC)N(C)Cc1ccccc1C)N1CCCC1=O. The molecule has 1 N–H and O–H groups in total. The van der Waals surface area contributed by atoms with E-state index in [0.29, 0.717) is 18.4 Å². The number of hydrogen-bond acceptors (Lipinski definition) is 2. The number of aliphatic imine (C=N–C) groups is 1. The van der Waals surface area contributed by atoms with Crippen LogP contribution in [0.1, 0.15) is 43.7 Å². The van der Waals surface area contributed by atoms with Gasteiger partial charge in [0, 0.05) is 46.2 Å². The zero-order chi connectivity index (χ0) is 18.2. The van der Waals surface area contributed by atoms with Crippen molar-refractivity contribution in [2.24, 2.45) is 4.99 Å². The van der Waals surface area contributed by atoms with Gasteiger partial charge in [-0.05, 0) is 37.3 Å². The molecule has 1 unspecified atom stereocenters.